The molecule has 1 N–H and O–H groups in total. The first-order valence-corrected chi connectivity index (χ1v) is 20.3. The molecule has 1 atom stereocenters. The fraction of sp³-hybridized carbons (Fsp3) is 0.902. The SMILES string of the molecule is CCCCCCCCCCCCCCCC=CC(=O)OC(CO)COC(=O)CCCCCCCCCCCCCCCCCCC. The molecule has 46 heavy (non-hydrogen) atoms. The average molecular weight is 651 g/mol. The predicted molar refractivity (Wildman–Crippen MR) is 196 cm³/mol. The summed E-state index contributed by atoms with van der Waals surface area (Å²) >= 11 is 0. The van der Waals surface area contributed by atoms with Crippen LogP contribution in [0.1, 0.15) is 219 Å². The van der Waals surface area contributed by atoms with E-state index in [1.807, 2.05) is 6.08 Å². The zero-order valence-corrected chi connectivity index (χ0v) is 30.9. The van der Waals surface area contributed by atoms with E-state index in [-0.39, 0.29) is 19.2 Å². The number of aliphatic hydroxyl groups is 1. The van der Waals surface area contributed by atoms with E-state index in [0.717, 1.165) is 32.1 Å². The monoisotopic (exact) mass is 651 g/mol. The molecule has 0 aromatic rings. The van der Waals surface area contributed by atoms with Gasteiger partial charge in [-0.15, -0.1) is 0 Å². The quantitative estimate of drug-likeness (QED) is 0.0411. The summed E-state index contributed by atoms with van der Waals surface area (Å²) in [4.78, 5) is 24.2. The lowest BCUT2D eigenvalue weighted by atomic mass is 10.0. The Bertz CT molecular complexity index is 661. The Morgan fingerprint density at radius 1 is 0.522 bits per heavy atom. The molecule has 0 bridgehead atoms. The molecule has 5 nitrogen and oxygen atoms in total. The van der Waals surface area contributed by atoms with Crippen molar-refractivity contribution < 1.29 is 24.2 Å². The number of aliphatic hydroxyl groups excluding tert-OH is 1. The third-order valence-corrected chi connectivity index (χ3v) is 9.13. The molecule has 5 heteroatoms. The number of carbonyl (C=O) groups is 2. The highest BCUT2D eigenvalue weighted by atomic mass is 16.6. The van der Waals surface area contributed by atoms with Crippen molar-refractivity contribution in [2.75, 3.05) is 13.2 Å². The number of carbonyl (C=O) groups excluding carboxylic acids is 2. The van der Waals surface area contributed by atoms with Crippen LogP contribution < -0.4 is 0 Å². The van der Waals surface area contributed by atoms with Gasteiger partial charge < -0.3 is 14.6 Å². The standard InChI is InChI=1S/C41H78O5/c1-3-5-7-9-11-13-15-17-19-20-22-23-25-27-29-31-33-35-40(43)45-38-39(37-42)46-41(44)36-34-32-30-28-26-24-21-18-16-14-12-10-8-6-4-2/h34,36,39,42H,3-33,35,37-38H2,1-2H3. The normalized spacial score (nSPS) is 12.2. The first kappa shape index (κ1) is 44.6. The van der Waals surface area contributed by atoms with Crippen LogP contribution in [-0.2, 0) is 19.1 Å². The number of hydrogen-bond acceptors (Lipinski definition) is 5. The van der Waals surface area contributed by atoms with Crippen LogP contribution in [0.3, 0.4) is 0 Å². The number of rotatable bonds is 37. The number of hydrogen-bond donors (Lipinski definition) is 1. The Morgan fingerprint density at radius 2 is 0.870 bits per heavy atom. The smallest absolute Gasteiger partial charge is 0.330 e. The topological polar surface area (TPSA) is 72.8 Å². The Labute approximate surface area is 286 Å². The first-order chi connectivity index (χ1) is 22.6. The molecule has 0 aromatic heterocycles. The van der Waals surface area contributed by atoms with Crippen LogP contribution in [-0.4, -0.2) is 36.4 Å². The summed E-state index contributed by atoms with van der Waals surface area (Å²) in [5.74, 6) is -0.772. The van der Waals surface area contributed by atoms with Crippen LogP contribution >= 0.6 is 0 Å². The summed E-state index contributed by atoms with van der Waals surface area (Å²) in [5, 5.41) is 9.53. The van der Waals surface area contributed by atoms with Crippen molar-refractivity contribution in [3.8, 4) is 0 Å². The molecule has 0 aliphatic heterocycles. The molecule has 0 aliphatic rings. The van der Waals surface area contributed by atoms with E-state index < -0.39 is 12.1 Å². The summed E-state index contributed by atoms with van der Waals surface area (Å²) in [6, 6.07) is 0. The molecule has 0 fully saturated rings. The minimum atomic E-state index is -0.812. The Morgan fingerprint density at radius 3 is 1.24 bits per heavy atom. The van der Waals surface area contributed by atoms with Gasteiger partial charge in [0.15, 0.2) is 6.10 Å². The van der Waals surface area contributed by atoms with Gasteiger partial charge in [-0.1, -0.05) is 200 Å². The van der Waals surface area contributed by atoms with Gasteiger partial charge in [-0.25, -0.2) is 4.79 Å². The van der Waals surface area contributed by atoms with Gasteiger partial charge in [-0.3, -0.25) is 4.79 Å². The summed E-state index contributed by atoms with van der Waals surface area (Å²) in [7, 11) is 0. The van der Waals surface area contributed by atoms with Crippen molar-refractivity contribution in [1.82, 2.24) is 0 Å². The van der Waals surface area contributed by atoms with Crippen molar-refractivity contribution in [2.45, 2.75) is 225 Å². The Balaban J connectivity index is 3.54. The number of unbranched alkanes of at least 4 members (excludes halogenated alkanes) is 29. The van der Waals surface area contributed by atoms with Gasteiger partial charge in [-0.2, -0.15) is 0 Å². The van der Waals surface area contributed by atoms with Gasteiger partial charge in [0.2, 0.25) is 0 Å². The van der Waals surface area contributed by atoms with E-state index in [2.05, 4.69) is 13.8 Å². The lowest BCUT2D eigenvalue weighted by Crippen LogP contribution is -2.27. The maximum Gasteiger partial charge on any atom is 0.330 e. The fourth-order valence-corrected chi connectivity index (χ4v) is 6.04. The fourth-order valence-electron chi connectivity index (χ4n) is 6.04. The number of ether oxygens (including phenoxy) is 2. The van der Waals surface area contributed by atoms with Crippen LogP contribution in [0.5, 0.6) is 0 Å². The molecule has 0 amide bonds. The minimum Gasteiger partial charge on any atom is -0.462 e. The van der Waals surface area contributed by atoms with Crippen LogP contribution in [0.15, 0.2) is 12.2 Å². The third kappa shape index (κ3) is 35.5. The maximum absolute atomic E-state index is 12.1. The lowest BCUT2D eigenvalue weighted by molar-refractivity contribution is -0.157. The van der Waals surface area contributed by atoms with Gasteiger partial charge >= 0.3 is 11.9 Å². The van der Waals surface area contributed by atoms with Crippen molar-refractivity contribution in [1.29, 1.82) is 0 Å². The molecule has 0 radical (unpaired) electrons. The molecule has 272 valence electrons. The average Bonchev–Trinajstić information content (AvgIpc) is 3.06. The predicted octanol–water partition coefficient (Wildman–Crippen LogP) is 12.5. The molecule has 1 unspecified atom stereocenters. The van der Waals surface area contributed by atoms with Gasteiger partial charge in [0.1, 0.15) is 6.61 Å². The van der Waals surface area contributed by atoms with E-state index in [0.29, 0.717) is 6.42 Å². The second kappa shape index (κ2) is 38.1. The Kier molecular flexibility index (Phi) is 37.0. The molecule has 0 saturated heterocycles. The van der Waals surface area contributed by atoms with E-state index in [4.69, 9.17) is 9.47 Å². The van der Waals surface area contributed by atoms with Gasteiger partial charge in [0.25, 0.3) is 0 Å². The molecule has 0 spiro atoms. The number of allylic oxidation sites excluding steroid dienone is 1. The molecule has 0 saturated carbocycles. The van der Waals surface area contributed by atoms with Crippen LogP contribution in [0.4, 0.5) is 0 Å². The van der Waals surface area contributed by atoms with Crippen LogP contribution in [0.2, 0.25) is 0 Å². The lowest BCUT2D eigenvalue weighted by Gasteiger charge is -2.14. The van der Waals surface area contributed by atoms with Crippen molar-refractivity contribution in [3.63, 3.8) is 0 Å². The zero-order valence-electron chi connectivity index (χ0n) is 30.9. The van der Waals surface area contributed by atoms with Crippen molar-refractivity contribution in [2.24, 2.45) is 0 Å². The van der Waals surface area contributed by atoms with E-state index in [9.17, 15) is 14.7 Å². The van der Waals surface area contributed by atoms with Gasteiger partial charge in [0, 0.05) is 12.5 Å². The van der Waals surface area contributed by atoms with E-state index >= 15 is 0 Å². The highest BCUT2D eigenvalue weighted by Gasteiger charge is 2.14. The molecular formula is C41H78O5. The second-order valence-corrected chi connectivity index (χ2v) is 13.8. The molecule has 0 heterocycles. The van der Waals surface area contributed by atoms with Crippen LogP contribution in [0.25, 0.3) is 0 Å². The summed E-state index contributed by atoms with van der Waals surface area (Å²) in [5.41, 5.74) is 0. The maximum atomic E-state index is 12.1. The van der Waals surface area contributed by atoms with E-state index in [1.165, 1.54) is 173 Å². The highest BCUT2D eigenvalue weighted by Crippen LogP contribution is 2.15. The first-order valence-electron chi connectivity index (χ1n) is 20.3. The molecule has 0 rings (SSSR count). The minimum absolute atomic E-state index is 0.0905. The summed E-state index contributed by atoms with van der Waals surface area (Å²) in [6.45, 7) is 4.10. The second-order valence-electron chi connectivity index (χ2n) is 13.8. The molecular weight excluding hydrogens is 572 g/mol. The zero-order chi connectivity index (χ0) is 33.6. The largest absolute Gasteiger partial charge is 0.462 e. The van der Waals surface area contributed by atoms with E-state index in [1.54, 1.807) is 0 Å². The Hall–Kier alpha value is -1.36. The summed E-state index contributed by atoms with van der Waals surface area (Å²) < 4.78 is 10.5. The van der Waals surface area contributed by atoms with Gasteiger partial charge in [-0.05, 0) is 19.3 Å². The third-order valence-electron chi connectivity index (χ3n) is 9.13. The number of esters is 2. The summed E-state index contributed by atoms with van der Waals surface area (Å²) in [6.07, 6.45) is 43.1. The van der Waals surface area contributed by atoms with Crippen molar-refractivity contribution >= 4 is 11.9 Å². The molecule has 0 aromatic carbocycles. The highest BCUT2D eigenvalue weighted by molar-refractivity contribution is 5.82. The van der Waals surface area contributed by atoms with Gasteiger partial charge in [0.05, 0.1) is 6.61 Å². The van der Waals surface area contributed by atoms with Crippen LogP contribution in [0, 0.1) is 0 Å². The van der Waals surface area contributed by atoms with Crippen molar-refractivity contribution in [3.05, 3.63) is 12.2 Å². The molecule has 0 aliphatic carbocycles.